The molecular formula is C31H32BrClN2O8S. The fourth-order valence-electron chi connectivity index (χ4n) is 4.58. The van der Waals surface area contributed by atoms with Crippen molar-refractivity contribution in [2.75, 3.05) is 33.5 Å². The number of halogens is 2. The van der Waals surface area contributed by atoms with Crippen LogP contribution in [0.15, 0.2) is 55.9 Å². The number of nitrogens with zero attached hydrogens (tertiary/aromatic N) is 2. The second-order valence-corrected chi connectivity index (χ2v) is 11.8. The van der Waals surface area contributed by atoms with Gasteiger partial charge in [-0.2, -0.15) is 0 Å². The summed E-state index contributed by atoms with van der Waals surface area (Å²) in [5.41, 5.74) is 1.46. The van der Waals surface area contributed by atoms with Crippen LogP contribution < -0.4 is 29.1 Å². The van der Waals surface area contributed by atoms with E-state index in [-0.39, 0.29) is 24.3 Å². The molecule has 0 amide bonds. The van der Waals surface area contributed by atoms with Crippen molar-refractivity contribution in [3.63, 3.8) is 0 Å². The summed E-state index contributed by atoms with van der Waals surface area (Å²) in [6.07, 6.45) is 2.46. The van der Waals surface area contributed by atoms with Crippen LogP contribution in [0.3, 0.4) is 0 Å². The van der Waals surface area contributed by atoms with Gasteiger partial charge in [-0.05, 0) is 85.1 Å². The van der Waals surface area contributed by atoms with Crippen molar-refractivity contribution in [3.8, 4) is 17.2 Å². The molecule has 0 aliphatic carbocycles. The number of aromatic nitrogens is 1. The number of methoxy groups -OCH3 is 1. The Morgan fingerprint density at radius 3 is 2.55 bits per heavy atom. The fourth-order valence-corrected chi connectivity index (χ4v) is 6.38. The topological polar surface area (TPSA) is 115 Å². The molecule has 3 aromatic rings. The van der Waals surface area contributed by atoms with Crippen LogP contribution in [0, 0.1) is 0 Å². The molecule has 10 nitrogen and oxygen atoms in total. The quantitative estimate of drug-likeness (QED) is 0.243. The van der Waals surface area contributed by atoms with E-state index in [1.54, 1.807) is 50.3 Å². The van der Waals surface area contributed by atoms with Gasteiger partial charge in [0.25, 0.3) is 5.56 Å². The van der Waals surface area contributed by atoms with E-state index in [4.69, 9.17) is 30.5 Å². The summed E-state index contributed by atoms with van der Waals surface area (Å²) in [5.74, 6) is 0.0767. The maximum absolute atomic E-state index is 14.1. The van der Waals surface area contributed by atoms with Crippen LogP contribution >= 0.6 is 38.9 Å². The summed E-state index contributed by atoms with van der Waals surface area (Å²) >= 11 is 11.1. The zero-order valence-corrected chi connectivity index (χ0v) is 28.1. The molecule has 2 heterocycles. The second-order valence-electron chi connectivity index (χ2n) is 9.46. The summed E-state index contributed by atoms with van der Waals surface area (Å²) < 4.78 is 29.9. The van der Waals surface area contributed by atoms with Crippen LogP contribution in [0.25, 0.3) is 6.08 Å². The van der Waals surface area contributed by atoms with Gasteiger partial charge in [-0.25, -0.2) is 14.6 Å². The molecule has 1 aliphatic rings. The molecule has 0 bridgehead atoms. The van der Waals surface area contributed by atoms with E-state index < -0.39 is 18.0 Å². The number of ether oxygens (including phenoxy) is 5. The van der Waals surface area contributed by atoms with Crippen LogP contribution in [-0.4, -0.2) is 50.0 Å². The average molecular weight is 708 g/mol. The first-order valence-electron chi connectivity index (χ1n) is 13.9. The van der Waals surface area contributed by atoms with Crippen molar-refractivity contribution in [2.45, 2.75) is 40.2 Å². The minimum Gasteiger partial charge on any atom is -0.493 e. The normalized spacial score (nSPS) is 14.5. The van der Waals surface area contributed by atoms with E-state index in [2.05, 4.69) is 25.7 Å². The highest BCUT2D eigenvalue weighted by Crippen LogP contribution is 2.39. The van der Waals surface area contributed by atoms with Gasteiger partial charge in [0.2, 0.25) is 0 Å². The Labute approximate surface area is 271 Å². The predicted molar refractivity (Wildman–Crippen MR) is 170 cm³/mol. The van der Waals surface area contributed by atoms with Crippen LogP contribution in [0.4, 0.5) is 0 Å². The van der Waals surface area contributed by atoms with Gasteiger partial charge in [0.1, 0.15) is 11.8 Å². The van der Waals surface area contributed by atoms with Gasteiger partial charge >= 0.3 is 11.9 Å². The molecule has 0 saturated carbocycles. The molecule has 1 aromatic heterocycles. The molecule has 4 rings (SSSR count). The van der Waals surface area contributed by atoms with Crippen molar-refractivity contribution in [3.05, 3.63) is 81.9 Å². The summed E-state index contributed by atoms with van der Waals surface area (Å²) in [4.78, 5) is 44.1. The lowest BCUT2D eigenvalue weighted by atomic mass is 9.95. The molecule has 2 aromatic carbocycles. The van der Waals surface area contributed by atoms with E-state index in [1.165, 1.54) is 23.0 Å². The lowest BCUT2D eigenvalue weighted by Crippen LogP contribution is -2.40. The summed E-state index contributed by atoms with van der Waals surface area (Å²) in [6.45, 7) is 7.86. The lowest BCUT2D eigenvalue weighted by molar-refractivity contribution is -0.143. The number of carbonyl (C=O) groups is 2. The lowest BCUT2D eigenvalue weighted by Gasteiger charge is -2.26. The van der Waals surface area contributed by atoms with Crippen LogP contribution in [0.1, 0.15) is 51.3 Å². The highest BCUT2D eigenvalue weighted by atomic mass is 79.9. The Bertz CT molecular complexity index is 1780. The molecule has 13 heteroatoms. The van der Waals surface area contributed by atoms with Crippen molar-refractivity contribution in [1.29, 1.82) is 0 Å². The fraction of sp³-hybridized carbons (Fsp3) is 0.355. The predicted octanol–water partition coefficient (Wildman–Crippen LogP) is 4.95. The monoisotopic (exact) mass is 706 g/mol. The highest BCUT2D eigenvalue weighted by Gasteiger charge is 2.35. The Morgan fingerprint density at radius 2 is 1.86 bits per heavy atom. The molecular weight excluding hydrogens is 676 g/mol. The van der Waals surface area contributed by atoms with Gasteiger partial charge in [-0.15, -0.1) is 0 Å². The SMILES string of the molecule is CCCOc1ccc(Cl)cc1C1C(C(=O)OCC)=C(C)N=c2s/c(=C\c3cc(Br)c(OCC(=O)OC)c(OCC)c3)c(=O)n21. The molecule has 0 fully saturated rings. The number of benzene rings is 2. The van der Waals surface area contributed by atoms with E-state index in [1.807, 2.05) is 13.8 Å². The standard InChI is InChI=1S/C31H32BrClN2O8S/c1-6-11-42-22-10-9-19(33)15-20(22)27-26(30(38)41-8-3)17(4)34-31-35(27)29(37)24(44-31)14-18-12-21(32)28(23(13-18)40-7-2)43-16-25(36)39-5/h9-10,12-15,27H,6-8,11,16H2,1-5H3/b24-14-. The van der Waals surface area contributed by atoms with Crippen molar-refractivity contribution >= 4 is 56.9 Å². The van der Waals surface area contributed by atoms with E-state index in [9.17, 15) is 14.4 Å². The Hall–Kier alpha value is -3.61. The van der Waals surface area contributed by atoms with Gasteiger partial charge in [-0.3, -0.25) is 9.36 Å². The Balaban J connectivity index is 1.91. The van der Waals surface area contributed by atoms with Crippen LogP contribution in [-0.2, 0) is 19.1 Å². The van der Waals surface area contributed by atoms with Crippen molar-refractivity contribution in [2.24, 2.45) is 4.99 Å². The Morgan fingerprint density at radius 1 is 1.09 bits per heavy atom. The largest absolute Gasteiger partial charge is 0.493 e. The third kappa shape index (κ3) is 7.19. The van der Waals surface area contributed by atoms with Gasteiger partial charge in [0.15, 0.2) is 22.9 Å². The van der Waals surface area contributed by atoms with Gasteiger partial charge < -0.3 is 23.7 Å². The number of carbonyl (C=O) groups excluding carboxylic acids is 2. The maximum atomic E-state index is 14.1. The molecule has 0 radical (unpaired) electrons. The molecule has 1 aliphatic heterocycles. The summed E-state index contributed by atoms with van der Waals surface area (Å²) in [6, 6.07) is 7.70. The molecule has 44 heavy (non-hydrogen) atoms. The third-order valence-electron chi connectivity index (χ3n) is 6.44. The Kier molecular flexibility index (Phi) is 11.3. The van der Waals surface area contributed by atoms with Crippen LogP contribution in [0.2, 0.25) is 5.02 Å². The number of rotatable bonds is 12. The second kappa shape index (κ2) is 14.9. The third-order valence-corrected chi connectivity index (χ3v) is 8.24. The zero-order chi connectivity index (χ0) is 32.0. The minimum absolute atomic E-state index is 0.151. The van der Waals surface area contributed by atoms with E-state index >= 15 is 0 Å². The van der Waals surface area contributed by atoms with Gasteiger partial charge in [0, 0.05) is 10.6 Å². The number of hydrogen-bond donors (Lipinski definition) is 0. The summed E-state index contributed by atoms with van der Waals surface area (Å²) in [7, 11) is 1.27. The molecule has 0 spiro atoms. The van der Waals surface area contributed by atoms with E-state index in [0.29, 0.717) is 66.1 Å². The number of fused-ring (bicyclic) bond motifs is 1. The molecule has 0 N–H and O–H groups in total. The van der Waals surface area contributed by atoms with Crippen LogP contribution in [0.5, 0.6) is 17.2 Å². The molecule has 234 valence electrons. The van der Waals surface area contributed by atoms with Gasteiger partial charge in [-0.1, -0.05) is 29.9 Å². The van der Waals surface area contributed by atoms with E-state index in [0.717, 1.165) is 6.42 Å². The average Bonchev–Trinajstić information content (AvgIpc) is 3.29. The first-order chi connectivity index (χ1) is 21.1. The smallest absolute Gasteiger partial charge is 0.343 e. The van der Waals surface area contributed by atoms with Crippen molar-refractivity contribution in [1.82, 2.24) is 4.57 Å². The number of hydrogen-bond acceptors (Lipinski definition) is 10. The highest BCUT2D eigenvalue weighted by molar-refractivity contribution is 9.10. The molecule has 0 saturated heterocycles. The number of esters is 2. The number of thiazole rings is 1. The minimum atomic E-state index is -0.891. The first-order valence-corrected chi connectivity index (χ1v) is 15.9. The molecule has 1 atom stereocenters. The van der Waals surface area contributed by atoms with Crippen molar-refractivity contribution < 1.29 is 33.3 Å². The summed E-state index contributed by atoms with van der Waals surface area (Å²) in [5, 5.41) is 0.423. The first kappa shape index (κ1) is 33.3. The maximum Gasteiger partial charge on any atom is 0.343 e. The zero-order valence-electron chi connectivity index (χ0n) is 24.9. The number of allylic oxidation sites excluding steroid dienone is 1. The molecule has 1 unspecified atom stereocenters. The van der Waals surface area contributed by atoms with Gasteiger partial charge in [0.05, 0.1) is 47.2 Å².